The third-order valence-corrected chi connectivity index (χ3v) is 3.66. The molecule has 0 N–H and O–H groups in total. The lowest BCUT2D eigenvalue weighted by Gasteiger charge is -2.12. The van der Waals surface area contributed by atoms with E-state index in [1.54, 1.807) is 23.1 Å². The summed E-state index contributed by atoms with van der Waals surface area (Å²) in [5.41, 5.74) is -1.43. The predicted octanol–water partition coefficient (Wildman–Crippen LogP) is 4.20. The monoisotopic (exact) mass is 333 g/mol. The molecule has 2 heterocycles. The van der Waals surface area contributed by atoms with Crippen molar-refractivity contribution in [2.75, 3.05) is 0 Å². The zero-order valence-corrected chi connectivity index (χ0v) is 13.4. The van der Waals surface area contributed by atoms with Crippen LogP contribution in [0.1, 0.15) is 5.56 Å². The van der Waals surface area contributed by atoms with Crippen LogP contribution in [-0.4, -0.2) is 14.8 Å². The Balaban J connectivity index is 1.91. The first-order valence-corrected chi connectivity index (χ1v) is 7.41. The van der Waals surface area contributed by atoms with Crippen molar-refractivity contribution in [2.24, 2.45) is 7.05 Å². The molecule has 0 saturated carbocycles. The minimum Gasteiger partial charge on any atom is -0.438 e. The van der Waals surface area contributed by atoms with Gasteiger partial charge in [0.1, 0.15) is 5.75 Å². The van der Waals surface area contributed by atoms with Crippen LogP contribution >= 0.6 is 9.24 Å². The minimum absolute atomic E-state index is 0.0947. The van der Waals surface area contributed by atoms with Crippen molar-refractivity contribution in [3.8, 4) is 22.9 Å². The van der Waals surface area contributed by atoms with Gasteiger partial charge >= 0.3 is 0 Å². The summed E-state index contributed by atoms with van der Waals surface area (Å²) < 4.78 is 33.9. The molecule has 1 atom stereocenters. The van der Waals surface area contributed by atoms with Crippen LogP contribution in [0, 0.1) is 0 Å². The quantitative estimate of drug-likeness (QED) is 0.672. The highest BCUT2D eigenvalue weighted by atomic mass is 31.0. The molecule has 0 saturated heterocycles. The van der Waals surface area contributed by atoms with Crippen LogP contribution in [0.4, 0.5) is 8.78 Å². The number of halogens is 2. The average Bonchev–Trinajstić information content (AvgIpc) is 2.93. The summed E-state index contributed by atoms with van der Waals surface area (Å²) in [5, 5.41) is 4.13. The van der Waals surface area contributed by atoms with E-state index in [-0.39, 0.29) is 5.56 Å². The van der Waals surface area contributed by atoms with Gasteiger partial charge in [0.05, 0.1) is 11.3 Å². The van der Waals surface area contributed by atoms with Gasteiger partial charge in [-0.15, -0.1) is 0 Å². The van der Waals surface area contributed by atoms with Gasteiger partial charge in [0.25, 0.3) is 5.66 Å². The standard InChI is InChI=1S/C16H14F2N3OP/c1-21-14(8-10-20-21)13-3-2-9-19-15(13)22-12-6-4-11(5-7-12)16(17,18)23/h2-10H,23H2,1H3. The number of nitrogens with zero attached hydrogens (tertiary/aromatic N) is 3. The maximum Gasteiger partial charge on any atom is 0.283 e. The lowest BCUT2D eigenvalue weighted by Crippen LogP contribution is -2.02. The third-order valence-electron chi connectivity index (χ3n) is 3.32. The number of aryl methyl sites for hydroxylation is 1. The second kappa shape index (κ2) is 6.05. The smallest absolute Gasteiger partial charge is 0.283 e. The number of pyridine rings is 1. The Bertz CT molecular complexity index is 813. The Morgan fingerprint density at radius 3 is 2.43 bits per heavy atom. The van der Waals surface area contributed by atoms with Crippen LogP contribution in [0.3, 0.4) is 0 Å². The highest BCUT2D eigenvalue weighted by Gasteiger charge is 2.24. The number of aromatic nitrogens is 3. The van der Waals surface area contributed by atoms with Crippen molar-refractivity contribution in [3.63, 3.8) is 0 Å². The fraction of sp³-hybridized carbons (Fsp3) is 0.125. The summed E-state index contributed by atoms with van der Waals surface area (Å²) in [6.45, 7) is 0. The van der Waals surface area contributed by atoms with Crippen LogP contribution in [0.5, 0.6) is 11.6 Å². The lowest BCUT2D eigenvalue weighted by atomic mass is 10.2. The van der Waals surface area contributed by atoms with Gasteiger partial charge in [-0.2, -0.15) is 13.9 Å². The number of rotatable bonds is 4. The van der Waals surface area contributed by atoms with Crippen molar-refractivity contribution < 1.29 is 13.5 Å². The Kier molecular flexibility index (Phi) is 4.09. The molecule has 0 spiro atoms. The molecule has 118 valence electrons. The Labute approximate surface area is 134 Å². The molecule has 1 unspecified atom stereocenters. The molecule has 0 fully saturated rings. The lowest BCUT2D eigenvalue weighted by molar-refractivity contribution is 0.104. The molecular weight excluding hydrogens is 319 g/mol. The molecule has 0 radical (unpaired) electrons. The first-order chi connectivity index (χ1) is 10.9. The number of hydrogen-bond donors (Lipinski definition) is 0. The van der Waals surface area contributed by atoms with E-state index >= 15 is 0 Å². The summed E-state index contributed by atoms with van der Waals surface area (Å²) in [5.74, 6) is 0.826. The van der Waals surface area contributed by atoms with E-state index in [2.05, 4.69) is 10.1 Å². The van der Waals surface area contributed by atoms with Gasteiger partial charge in [0, 0.05) is 25.0 Å². The second-order valence-corrected chi connectivity index (χ2v) is 5.67. The van der Waals surface area contributed by atoms with E-state index in [4.69, 9.17) is 4.74 Å². The van der Waals surface area contributed by atoms with Crippen LogP contribution in [0.25, 0.3) is 11.3 Å². The molecule has 7 heteroatoms. The maximum absolute atomic E-state index is 13.2. The molecule has 2 aromatic heterocycles. The molecule has 1 aromatic carbocycles. The van der Waals surface area contributed by atoms with Gasteiger partial charge in [0.2, 0.25) is 5.88 Å². The highest BCUT2D eigenvalue weighted by Crippen LogP contribution is 2.36. The fourth-order valence-electron chi connectivity index (χ4n) is 2.16. The molecule has 3 aromatic rings. The number of alkyl halides is 2. The third kappa shape index (κ3) is 3.37. The minimum atomic E-state index is -2.95. The van der Waals surface area contributed by atoms with Crippen molar-refractivity contribution in [1.29, 1.82) is 0 Å². The molecular formula is C16H14F2N3OP. The van der Waals surface area contributed by atoms with Crippen molar-refractivity contribution in [2.45, 2.75) is 5.66 Å². The van der Waals surface area contributed by atoms with Crippen LogP contribution in [-0.2, 0) is 12.7 Å². The van der Waals surface area contributed by atoms with E-state index in [1.807, 2.05) is 19.2 Å². The van der Waals surface area contributed by atoms with E-state index in [1.165, 1.54) is 33.5 Å². The normalized spacial score (nSPS) is 11.5. The number of ether oxygens (including phenoxy) is 1. The van der Waals surface area contributed by atoms with Gasteiger partial charge in [-0.25, -0.2) is 4.98 Å². The first kappa shape index (κ1) is 15.6. The average molecular weight is 333 g/mol. The van der Waals surface area contributed by atoms with Gasteiger partial charge in [-0.05, 0) is 42.5 Å². The SMILES string of the molecule is Cn1nccc1-c1cccnc1Oc1ccc(C(F)(F)P)cc1. The van der Waals surface area contributed by atoms with Crippen LogP contribution in [0.2, 0.25) is 0 Å². The second-order valence-electron chi connectivity index (χ2n) is 4.95. The summed E-state index contributed by atoms with van der Waals surface area (Å²) in [6.07, 6.45) is 3.29. The largest absolute Gasteiger partial charge is 0.438 e. The van der Waals surface area contributed by atoms with Gasteiger partial charge in [-0.3, -0.25) is 4.68 Å². The Hall–Kier alpha value is -2.33. The summed E-state index contributed by atoms with van der Waals surface area (Å²) >= 11 is 0. The van der Waals surface area contributed by atoms with Crippen molar-refractivity contribution in [3.05, 3.63) is 60.4 Å². The van der Waals surface area contributed by atoms with Gasteiger partial charge < -0.3 is 4.74 Å². The van der Waals surface area contributed by atoms with Crippen molar-refractivity contribution in [1.82, 2.24) is 14.8 Å². The van der Waals surface area contributed by atoms with E-state index in [0.29, 0.717) is 11.6 Å². The predicted molar refractivity (Wildman–Crippen MR) is 86.6 cm³/mol. The van der Waals surface area contributed by atoms with Crippen LogP contribution < -0.4 is 4.74 Å². The number of hydrogen-bond acceptors (Lipinski definition) is 3. The van der Waals surface area contributed by atoms with Gasteiger partial charge in [0.15, 0.2) is 0 Å². The first-order valence-electron chi connectivity index (χ1n) is 6.83. The molecule has 23 heavy (non-hydrogen) atoms. The Morgan fingerprint density at radius 1 is 1.09 bits per heavy atom. The zero-order chi connectivity index (χ0) is 16.4. The topological polar surface area (TPSA) is 39.9 Å². The Morgan fingerprint density at radius 2 is 1.83 bits per heavy atom. The molecule has 0 aliphatic carbocycles. The van der Waals surface area contributed by atoms with Gasteiger partial charge in [-0.1, -0.05) is 9.24 Å². The summed E-state index contributed by atoms with van der Waals surface area (Å²) in [4.78, 5) is 4.23. The molecule has 0 aliphatic heterocycles. The van der Waals surface area contributed by atoms with Crippen molar-refractivity contribution >= 4 is 9.24 Å². The molecule has 4 nitrogen and oxygen atoms in total. The fourth-order valence-corrected chi connectivity index (χ4v) is 2.35. The molecule has 3 rings (SSSR count). The molecule has 0 bridgehead atoms. The molecule has 0 amide bonds. The zero-order valence-electron chi connectivity index (χ0n) is 12.3. The van der Waals surface area contributed by atoms with E-state index < -0.39 is 5.66 Å². The number of benzene rings is 1. The van der Waals surface area contributed by atoms with E-state index in [9.17, 15) is 8.78 Å². The summed E-state index contributed by atoms with van der Waals surface area (Å²) in [7, 11) is 3.34. The van der Waals surface area contributed by atoms with Crippen LogP contribution in [0.15, 0.2) is 54.9 Å². The highest BCUT2D eigenvalue weighted by molar-refractivity contribution is 7.17. The summed E-state index contributed by atoms with van der Waals surface area (Å²) in [6, 6.07) is 11.2. The maximum atomic E-state index is 13.2. The molecule has 0 aliphatic rings. The van der Waals surface area contributed by atoms with E-state index in [0.717, 1.165) is 11.3 Å².